The Balaban J connectivity index is 1.52. The van der Waals surface area contributed by atoms with Gasteiger partial charge < -0.3 is 10.3 Å². The Bertz CT molecular complexity index is 1820. The Morgan fingerprint density at radius 1 is 1.15 bits per heavy atom. The maximum absolute atomic E-state index is 13.7. The third-order valence-electron chi connectivity index (χ3n) is 6.24. The standard InChI is InChI=1S/C31H31FN6S/c1-7-25-24(12-18(2)20-13-21(17-33-16-20)35-19(3)15-31(4,5)6)29(38-37-25)26-14-23-22(10-11-34-30(23)36-26)27-8-9-28(32)39-27/h7-14,16-17,35,37H,2-3,15H2,1,4-6H3,(H,34,36)/b24-12+,25-7+. The van der Waals surface area contributed by atoms with E-state index in [4.69, 9.17) is 0 Å². The van der Waals surface area contributed by atoms with Gasteiger partial charge in [-0.3, -0.25) is 10.1 Å². The number of allylic oxidation sites excluding steroid dienone is 2. The smallest absolute Gasteiger partial charge is 0.176 e. The second-order valence-corrected chi connectivity index (χ2v) is 11.7. The summed E-state index contributed by atoms with van der Waals surface area (Å²) < 4.78 is 13.7. The maximum Gasteiger partial charge on any atom is 0.176 e. The number of hydrogen-bond acceptors (Lipinski definition) is 5. The molecule has 5 heterocycles. The van der Waals surface area contributed by atoms with Gasteiger partial charge in [-0.25, -0.2) is 4.98 Å². The summed E-state index contributed by atoms with van der Waals surface area (Å²) in [5, 5.41) is 13.6. The third kappa shape index (κ3) is 5.76. The fourth-order valence-electron chi connectivity index (χ4n) is 4.59. The van der Waals surface area contributed by atoms with E-state index in [1.54, 1.807) is 24.7 Å². The molecule has 0 aliphatic carbocycles. The van der Waals surface area contributed by atoms with Crippen LogP contribution in [0.25, 0.3) is 50.6 Å². The Kier molecular flexibility index (Phi) is 7.06. The number of thiophene rings is 1. The first-order chi connectivity index (χ1) is 18.6. The SMILES string of the molecule is C=C(CC(C)(C)C)Nc1cncc(C(=C)/C=c2/c(-c3cc4c(-c5ccc(F)s5)ccnc4[nH]3)n[nH]/c2=C/C)c1. The Labute approximate surface area is 230 Å². The average molecular weight is 539 g/mol. The van der Waals surface area contributed by atoms with Crippen LogP contribution in [0.2, 0.25) is 0 Å². The summed E-state index contributed by atoms with van der Waals surface area (Å²) >= 11 is 1.12. The van der Waals surface area contributed by atoms with Crippen molar-refractivity contribution in [3.63, 3.8) is 0 Å². The van der Waals surface area contributed by atoms with Crippen LogP contribution in [0.3, 0.4) is 0 Å². The summed E-state index contributed by atoms with van der Waals surface area (Å²) in [5.41, 5.74) is 6.80. The number of H-pyrrole nitrogens is 2. The van der Waals surface area contributed by atoms with Crippen LogP contribution in [0.15, 0.2) is 67.8 Å². The van der Waals surface area contributed by atoms with Gasteiger partial charge in [-0.2, -0.15) is 9.49 Å². The number of rotatable bonds is 7. The van der Waals surface area contributed by atoms with Gasteiger partial charge in [0.15, 0.2) is 5.13 Å². The zero-order valence-electron chi connectivity index (χ0n) is 22.5. The topological polar surface area (TPSA) is 82.3 Å². The van der Waals surface area contributed by atoms with Crippen LogP contribution in [0.1, 0.15) is 39.7 Å². The zero-order chi connectivity index (χ0) is 27.7. The number of halogens is 1. The van der Waals surface area contributed by atoms with Crippen LogP contribution >= 0.6 is 11.3 Å². The van der Waals surface area contributed by atoms with Crippen molar-refractivity contribution in [2.24, 2.45) is 5.41 Å². The van der Waals surface area contributed by atoms with Gasteiger partial charge in [0.05, 0.1) is 22.9 Å². The summed E-state index contributed by atoms with van der Waals surface area (Å²) in [5.74, 6) is 0. The second kappa shape index (κ2) is 10.5. The van der Waals surface area contributed by atoms with Crippen molar-refractivity contribution in [2.75, 3.05) is 5.32 Å². The number of nitrogens with zero attached hydrogens (tertiary/aromatic N) is 3. The van der Waals surface area contributed by atoms with E-state index in [-0.39, 0.29) is 10.5 Å². The minimum absolute atomic E-state index is 0.135. The maximum atomic E-state index is 13.7. The number of aromatic amines is 2. The summed E-state index contributed by atoms with van der Waals surface area (Å²) in [6.07, 6.45) is 10.1. The van der Waals surface area contributed by atoms with Gasteiger partial charge in [-0.1, -0.05) is 40.0 Å². The molecule has 0 atom stereocenters. The number of hydrogen-bond donors (Lipinski definition) is 3. The number of pyridine rings is 2. The third-order valence-corrected chi connectivity index (χ3v) is 7.15. The molecule has 5 aromatic rings. The van der Waals surface area contributed by atoms with E-state index in [0.29, 0.717) is 5.65 Å². The molecule has 0 bridgehead atoms. The highest BCUT2D eigenvalue weighted by Gasteiger charge is 2.15. The fraction of sp³-hybridized carbons (Fsp3) is 0.194. The average Bonchev–Trinajstić information content (AvgIpc) is 3.60. The number of fused-ring (bicyclic) bond motifs is 1. The van der Waals surface area contributed by atoms with Crippen molar-refractivity contribution in [2.45, 2.75) is 34.1 Å². The molecule has 39 heavy (non-hydrogen) atoms. The molecule has 5 aromatic heterocycles. The van der Waals surface area contributed by atoms with Crippen LogP contribution in [0.5, 0.6) is 0 Å². The minimum atomic E-state index is -0.219. The lowest BCUT2D eigenvalue weighted by Gasteiger charge is -2.20. The predicted molar refractivity (Wildman–Crippen MR) is 161 cm³/mol. The van der Waals surface area contributed by atoms with Crippen molar-refractivity contribution < 1.29 is 4.39 Å². The molecule has 0 aliphatic heterocycles. The number of nitrogens with one attached hydrogen (secondary N) is 3. The molecular weight excluding hydrogens is 507 g/mol. The van der Waals surface area contributed by atoms with Gasteiger partial charge in [0.2, 0.25) is 0 Å². The Morgan fingerprint density at radius 3 is 2.69 bits per heavy atom. The van der Waals surface area contributed by atoms with Crippen LogP contribution in [0.4, 0.5) is 10.1 Å². The van der Waals surface area contributed by atoms with Crippen molar-refractivity contribution in [1.82, 2.24) is 25.1 Å². The number of anilines is 1. The molecule has 0 unspecified atom stereocenters. The van der Waals surface area contributed by atoms with E-state index >= 15 is 0 Å². The Hall–Kier alpha value is -4.30. The van der Waals surface area contributed by atoms with Crippen LogP contribution in [0, 0.1) is 10.5 Å². The van der Waals surface area contributed by atoms with Crippen molar-refractivity contribution in [3.05, 3.63) is 89.0 Å². The molecule has 8 heteroatoms. The molecule has 0 saturated heterocycles. The first-order valence-corrected chi connectivity index (χ1v) is 13.5. The van der Waals surface area contributed by atoms with Gasteiger partial charge in [0, 0.05) is 44.7 Å². The summed E-state index contributed by atoms with van der Waals surface area (Å²) in [7, 11) is 0. The normalized spacial score (nSPS) is 12.8. The largest absolute Gasteiger partial charge is 0.358 e. The summed E-state index contributed by atoms with van der Waals surface area (Å²) in [6.45, 7) is 17.0. The van der Waals surface area contributed by atoms with Crippen LogP contribution in [-0.2, 0) is 0 Å². The highest BCUT2D eigenvalue weighted by molar-refractivity contribution is 7.14. The molecule has 0 amide bonds. The van der Waals surface area contributed by atoms with Gasteiger partial charge >= 0.3 is 0 Å². The summed E-state index contributed by atoms with van der Waals surface area (Å²) in [6, 6.07) is 9.21. The molecule has 0 spiro atoms. The van der Waals surface area contributed by atoms with E-state index < -0.39 is 0 Å². The minimum Gasteiger partial charge on any atom is -0.358 e. The second-order valence-electron chi connectivity index (χ2n) is 10.7. The van der Waals surface area contributed by atoms with E-state index in [2.05, 4.69) is 64.4 Å². The van der Waals surface area contributed by atoms with E-state index in [0.717, 1.165) is 78.1 Å². The quantitative estimate of drug-likeness (QED) is 0.211. The van der Waals surface area contributed by atoms with E-state index in [9.17, 15) is 4.39 Å². The molecule has 0 radical (unpaired) electrons. The van der Waals surface area contributed by atoms with Crippen molar-refractivity contribution >= 4 is 45.8 Å². The molecule has 198 valence electrons. The molecule has 5 rings (SSSR count). The van der Waals surface area contributed by atoms with Gasteiger partial charge in [0.1, 0.15) is 11.3 Å². The lowest BCUT2D eigenvalue weighted by atomic mass is 9.91. The molecule has 6 nitrogen and oxygen atoms in total. The monoisotopic (exact) mass is 538 g/mol. The van der Waals surface area contributed by atoms with Crippen molar-refractivity contribution in [1.29, 1.82) is 0 Å². The molecule has 0 aliphatic rings. The van der Waals surface area contributed by atoms with Crippen LogP contribution < -0.4 is 15.9 Å². The first-order valence-electron chi connectivity index (χ1n) is 12.7. The van der Waals surface area contributed by atoms with E-state index in [1.807, 2.05) is 37.3 Å². The molecule has 0 saturated carbocycles. The Morgan fingerprint density at radius 2 is 1.97 bits per heavy atom. The van der Waals surface area contributed by atoms with E-state index in [1.165, 1.54) is 6.07 Å². The first kappa shape index (κ1) is 26.3. The van der Waals surface area contributed by atoms with Crippen LogP contribution in [-0.4, -0.2) is 25.1 Å². The number of aromatic nitrogens is 5. The lowest BCUT2D eigenvalue weighted by Crippen LogP contribution is -2.23. The molecule has 0 aromatic carbocycles. The summed E-state index contributed by atoms with van der Waals surface area (Å²) in [4.78, 5) is 13.2. The van der Waals surface area contributed by atoms with Gasteiger partial charge in [-0.15, -0.1) is 11.3 Å². The molecular formula is C31H31FN6S. The molecule has 3 N–H and O–H groups in total. The highest BCUT2D eigenvalue weighted by Crippen LogP contribution is 2.34. The predicted octanol–water partition coefficient (Wildman–Crippen LogP) is 6.87. The van der Waals surface area contributed by atoms with Crippen molar-refractivity contribution in [3.8, 4) is 21.8 Å². The molecule has 0 fully saturated rings. The van der Waals surface area contributed by atoms with Gasteiger partial charge in [0.25, 0.3) is 0 Å². The van der Waals surface area contributed by atoms with Gasteiger partial charge in [-0.05, 0) is 60.7 Å². The highest BCUT2D eigenvalue weighted by atomic mass is 32.1. The lowest BCUT2D eigenvalue weighted by molar-refractivity contribution is 0.411. The zero-order valence-corrected chi connectivity index (χ0v) is 23.3. The fourth-order valence-corrected chi connectivity index (χ4v) is 5.36.